The first kappa shape index (κ1) is 14.6. The Labute approximate surface area is 110 Å². The molecule has 0 atom stereocenters. The zero-order valence-corrected chi connectivity index (χ0v) is 11.4. The third-order valence-electron chi connectivity index (χ3n) is 2.68. The zero-order chi connectivity index (χ0) is 13.9. The maximum atomic E-state index is 10.8. The monoisotopic (exact) mass is 274 g/mol. The number of hydrogen-bond donors (Lipinski definition) is 0. The topological polar surface area (TPSA) is 81.4 Å². The molecule has 0 saturated heterocycles. The van der Waals surface area contributed by atoms with Crippen LogP contribution in [0.25, 0.3) is 0 Å². The highest BCUT2D eigenvalue weighted by Gasteiger charge is 2.25. The van der Waals surface area contributed by atoms with E-state index in [0.717, 1.165) is 6.20 Å². The summed E-state index contributed by atoms with van der Waals surface area (Å²) >= 11 is 5.60. The fourth-order valence-electron chi connectivity index (χ4n) is 0.945. The first-order chi connectivity index (χ1) is 8.24. The third-order valence-corrected chi connectivity index (χ3v) is 2.86. The summed E-state index contributed by atoms with van der Waals surface area (Å²) in [6.07, 6.45) is 1.04. The lowest BCUT2D eigenvalue weighted by atomic mass is 10.1. The molecule has 0 aliphatic carbocycles. The largest absolute Gasteiger partial charge is 0.471 e. The summed E-state index contributed by atoms with van der Waals surface area (Å²) in [6.45, 7) is 4.14. The Balaban J connectivity index is 2.90. The van der Waals surface area contributed by atoms with Gasteiger partial charge >= 0.3 is 5.69 Å². The van der Waals surface area contributed by atoms with Gasteiger partial charge in [-0.25, -0.2) is 4.98 Å². The lowest BCUT2D eigenvalue weighted by Gasteiger charge is -2.31. The quantitative estimate of drug-likeness (QED) is 0.462. The van der Waals surface area contributed by atoms with Crippen molar-refractivity contribution in [2.45, 2.75) is 19.4 Å². The fourth-order valence-corrected chi connectivity index (χ4v) is 1.07. The predicted octanol–water partition coefficient (Wildman–Crippen LogP) is 1.76. The van der Waals surface area contributed by atoms with Crippen molar-refractivity contribution in [3.63, 3.8) is 0 Å². The fraction of sp³-hybridized carbons (Fsp3) is 0.600. The highest BCUT2D eigenvalue weighted by Crippen LogP contribution is 2.25. The van der Waals surface area contributed by atoms with Gasteiger partial charge in [-0.05, 0) is 39.5 Å². The van der Waals surface area contributed by atoms with Crippen LogP contribution in [0.3, 0.4) is 0 Å². The number of hydrogen-bond acceptors (Lipinski definition) is 6. The molecular formula is C10H15ClN4O3. The maximum absolute atomic E-state index is 10.8. The van der Waals surface area contributed by atoms with Crippen LogP contribution >= 0.6 is 11.6 Å². The molecule has 0 fully saturated rings. The highest BCUT2D eigenvalue weighted by molar-refractivity contribution is 6.28. The van der Waals surface area contributed by atoms with Crippen molar-refractivity contribution in [3.8, 4) is 5.88 Å². The van der Waals surface area contributed by atoms with Crippen LogP contribution in [-0.2, 0) is 0 Å². The van der Waals surface area contributed by atoms with Crippen LogP contribution < -0.4 is 4.74 Å². The summed E-state index contributed by atoms with van der Waals surface area (Å²) < 4.78 is 5.39. The lowest BCUT2D eigenvalue weighted by molar-refractivity contribution is -0.386. The summed E-state index contributed by atoms with van der Waals surface area (Å²) in [5.41, 5.74) is -0.584. The molecule has 1 heterocycles. The van der Waals surface area contributed by atoms with Crippen molar-refractivity contribution in [2.24, 2.45) is 0 Å². The number of rotatable bonds is 5. The van der Waals surface area contributed by atoms with Crippen LogP contribution in [0.5, 0.6) is 5.88 Å². The first-order valence-corrected chi connectivity index (χ1v) is 5.59. The molecule has 1 aromatic rings. The van der Waals surface area contributed by atoms with E-state index in [9.17, 15) is 10.1 Å². The van der Waals surface area contributed by atoms with Gasteiger partial charge in [0, 0.05) is 5.54 Å². The molecule has 0 aliphatic heterocycles. The normalized spacial score (nSPS) is 11.7. The molecule has 7 nitrogen and oxygen atoms in total. The van der Waals surface area contributed by atoms with Gasteiger partial charge < -0.3 is 9.64 Å². The van der Waals surface area contributed by atoms with Crippen molar-refractivity contribution in [1.29, 1.82) is 0 Å². The molecule has 1 aromatic heterocycles. The Morgan fingerprint density at radius 1 is 1.56 bits per heavy atom. The van der Waals surface area contributed by atoms with E-state index in [1.165, 1.54) is 0 Å². The average Bonchev–Trinajstić information content (AvgIpc) is 2.26. The Morgan fingerprint density at radius 3 is 2.67 bits per heavy atom. The molecule has 0 radical (unpaired) electrons. The Kier molecular flexibility index (Phi) is 4.42. The van der Waals surface area contributed by atoms with Gasteiger partial charge in [-0.2, -0.15) is 4.98 Å². The van der Waals surface area contributed by atoms with E-state index in [-0.39, 0.29) is 29.0 Å². The number of aromatic nitrogens is 2. The Hall–Kier alpha value is -1.47. The molecular weight excluding hydrogens is 260 g/mol. The van der Waals surface area contributed by atoms with Crippen molar-refractivity contribution in [2.75, 3.05) is 20.7 Å². The SMILES string of the molecule is CN(C)C(C)(C)COc1nc(Cl)ncc1[N+](=O)[O-]. The van der Waals surface area contributed by atoms with Crippen LogP contribution in [0.4, 0.5) is 5.69 Å². The van der Waals surface area contributed by atoms with Crippen LogP contribution in [0.1, 0.15) is 13.8 Å². The molecule has 0 saturated carbocycles. The van der Waals surface area contributed by atoms with Crippen molar-refractivity contribution < 1.29 is 9.66 Å². The second-order valence-electron chi connectivity index (χ2n) is 4.58. The van der Waals surface area contributed by atoms with E-state index in [4.69, 9.17) is 16.3 Å². The molecule has 1 rings (SSSR count). The van der Waals surface area contributed by atoms with Gasteiger partial charge in [0.05, 0.1) is 4.92 Å². The number of nitrogens with zero attached hydrogens (tertiary/aromatic N) is 4. The molecule has 0 aliphatic rings. The molecule has 0 aromatic carbocycles. The van der Waals surface area contributed by atoms with Crippen LogP contribution in [0, 0.1) is 10.1 Å². The summed E-state index contributed by atoms with van der Waals surface area (Å²) in [5, 5.41) is 10.7. The molecule has 0 bridgehead atoms. The minimum atomic E-state index is -0.603. The zero-order valence-electron chi connectivity index (χ0n) is 10.7. The molecule has 100 valence electrons. The van der Waals surface area contributed by atoms with E-state index < -0.39 is 4.92 Å². The highest BCUT2D eigenvalue weighted by atomic mass is 35.5. The second-order valence-corrected chi connectivity index (χ2v) is 4.92. The minimum Gasteiger partial charge on any atom is -0.471 e. The average molecular weight is 275 g/mol. The Morgan fingerprint density at radius 2 is 2.17 bits per heavy atom. The molecule has 0 unspecified atom stereocenters. The Bertz CT molecular complexity index is 451. The lowest BCUT2D eigenvalue weighted by Crippen LogP contribution is -2.43. The van der Waals surface area contributed by atoms with Gasteiger partial charge in [-0.15, -0.1) is 0 Å². The van der Waals surface area contributed by atoms with Gasteiger partial charge in [0.15, 0.2) is 0 Å². The summed E-state index contributed by atoms with van der Waals surface area (Å²) in [4.78, 5) is 19.4. The van der Waals surface area contributed by atoms with Gasteiger partial charge in [0.1, 0.15) is 12.8 Å². The molecule has 0 spiro atoms. The molecule has 8 heteroatoms. The predicted molar refractivity (Wildman–Crippen MR) is 67.0 cm³/mol. The van der Waals surface area contributed by atoms with E-state index in [1.54, 1.807) is 0 Å². The minimum absolute atomic E-state index is 0.0849. The molecule has 18 heavy (non-hydrogen) atoms. The standard InChI is InChI=1S/C10H15ClN4O3/c1-10(2,14(3)4)6-18-8-7(15(16)17)5-12-9(11)13-8/h5H,6H2,1-4H3. The van der Waals surface area contributed by atoms with Crippen LogP contribution in [-0.4, -0.2) is 46.0 Å². The van der Waals surface area contributed by atoms with E-state index in [2.05, 4.69) is 9.97 Å². The first-order valence-electron chi connectivity index (χ1n) is 5.21. The van der Waals surface area contributed by atoms with Gasteiger partial charge in [-0.3, -0.25) is 10.1 Å². The van der Waals surface area contributed by atoms with Gasteiger partial charge in [-0.1, -0.05) is 0 Å². The van der Waals surface area contributed by atoms with E-state index >= 15 is 0 Å². The molecule has 0 N–H and O–H groups in total. The molecule has 0 amide bonds. The second kappa shape index (κ2) is 5.45. The van der Waals surface area contributed by atoms with Crippen molar-refractivity contribution >= 4 is 17.3 Å². The van der Waals surface area contributed by atoms with Crippen molar-refractivity contribution in [1.82, 2.24) is 14.9 Å². The summed E-state index contributed by atoms with van der Waals surface area (Å²) in [5.74, 6) is -0.116. The number of likely N-dealkylation sites (N-methyl/N-ethyl adjacent to an activating group) is 1. The maximum Gasteiger partial charge on any atom is 0.349 e. The number of halogens is 1. The number of ether oxygens (including phenoxy) is 1. The smallest absolute Gasteiger partial charge is 0.349 e. The summed E-state index contributed by atoms with van der Waals surface area (Å²) in [7, 11) is 3.79. The number of nitro groups is 1. The van der Waals surface area contributed by atoms with Crippen LogP contribution in [0.2, 0.25) is 5.28 Å². The van der Waals surface area contributed by atoms with E-state index in [0.29, 0.717) is 0 Å². The van der Waals surface area contributed by atoms with Crippen LogP contribution in [0.15, 0.2) is 6.20 Å². The third kappa shape index (κ3) is 3.51. The summed E-state index contributed by atoms with van der Waals surface area (Å²) in [6, 6.07) is 0. The van der Waals surface area contributed by atoms with Crippen molar-refractivity contribution in [3.05, 3.63) is 21.6 Å². The van der Waals surface area contributed by atoms with Gasteiger partial charge in [0.25, 0.3) is 5.88 Å². The van der Waals surface area contributed by atoms with Gasteiger partial charge in [0.2, 0.25) is 5.28 Å². The van der Waals surface area contributed by atoms with E-state index in [1.807, 2.05) is 32.8 Å².